The molecule has 1 aliphatic heterocycles. The largest absolute Gasteiger partial charge is 0.508 e. The third-order valence-corrected chi connectivity index (χ3v) is 5.44. The Morgan fingerprint density at radius 1 is 1.00 bits per heavy atom. The van der Waals surface area contributed by atoms with Gasteiger partial charge in [0.15, 0.2) is 11.5 Å². The zero-order valence-corrected chi connectivity index (χ0v) is 18.6. The maximum Gasteiger partial charge on any atom is 0.165 e. The first-order chi connectivity index (χ1) is 13.5. The summed E-state index contributed by atoms with van der Waals surface area (Å²) in [6.07, 6.45) is 5.07. The highest BCUT2D eigenvalue weighted by atomic mass is 35.5. The minimum absolute atomic E-state index is 0. The molecule has 1 heterocycles. The molecule has 0 saturated carbocycles. The zero-order chi connectivity index (χ0) is 20.1. The minimum atomic E-state index is 0. The van der Waals surface area contributed by atoms with Crippen LogP contribution in [0.15, 0.2) is 42.0 Å². The van der Waals surface area contributed by atoms with E-state index in [2.05, 4.69) is 37.0 Å². The van der Waals surface area contributed by atoms with E-state index < -0.39 is 0 Å². The monoisotopic (exact) mass is 417 g/mol. The number of nitrogens with zero attached hydrogens (tertiary/aromatic N) is 1. The van der Waals surface area contributed by atoms with E-state index in [9.17, 15) is 5.11 Å². The molecule has 0 aliphatic carbocycles. The van der Waals surface area contributed by atoms with Gasteiger partial charge in [-0.3, -0.25) is 4.90 Å². The highest BCUT2D eigenvalue weighted by molar-refractivity contribution is 5.85. The van der Waals surface area contributed by atoms with Crippen molar-refractivity contribution >= 4 is 12.4 Å². The van der Waals surface area contributed by atoms with Crippen molar-refractivity contribution in [2.75, 3.05) is 27.3 Å². The minimum Gasteiger partial charge on any atom is -0.508 e. The van der Waals surface area contributed by atoms with Gasteiger partial charge in [-0.1, -0.05) is 23.8 Å². The third kappa shape index (κ3) is 5.68. The van der Waals surface area contributed by atoms with Crippen molar-refractivity contribution in [2.45, 2.75) is 39.7 Å². The molecule has 0 atom stereocenters. The SMILES string of the molecule is COc1ccc2c(c1OC)CN(CC=C(C)C)CCc1cc(O)ccc1CC2.Cl. The third-order valence-electron chi connectivity index (χ3n) is 5.44. The second kappa shape index (κ2) is 10.6. The summed E-state index contributed by atoms with van der Waals surface area (Å²) in [5.74, 6) is 1.97. The van der Waals surface area contributed by atoms with Crippen molar-refractivity contribution in [1.82, 2.24) is 4.90 Å². The van der Waals surface area contributed by atoms with Crippen LogP contribution < -0.4 is 9.47 Å². The molecule has 29 heavy (non-hydrogen) atoms. The first kappa shape index (κ1) is 23.1. The zero-order valence-electron chi connectivity index (χ0n) is 17.8. The molecular formula is C24H32ClNO3. The van der Waals surface area contributed by atoms with Crippen LogP contribution >= 0.6 is 12.4 Å². The summed E-state index contributed by atoms with van der Waals surface area (Å²) in [5.41, 5.74) is 6.37. The van der Waals surface area contributed by atoms with Crippen LogP contribution in [0.2, 0.25) is 0 Å². The summed E-state index contributed by atoms with van der Waals surface area (Å²) < 4.78 is 11.3. The summed E-state index contributed by atoms with van der Waals surface area (Å²) in [5, 5.41) is 9.95. The number of allylic oxidation sites excluding steroid dienone is 1. The molecule has 0 fully saturated rings. The van der Waals surface area contributed by atoms with Crippen LogP contribution in [0.4, 0.5) is 0 Å². The molecule has 0 unspecified atom stereocenters. The van der Waals surface area contributed by atoms with Crippen LogP contribution in [0.1, 0.15) is 36.1 Å². The highest BCUT2D eigenvalue weighted by Crippen LogP contribution is 2.35. The van der Waals surface area contributed by atoms with Gasteiger partial charge in [0.2, 0.25) is 0 Å². The van der Waals surface area contributed by atoms with Gasteiger partial charge in [0.1, 0.15) is 5.75 Å². The molecule has 2 aromatic carbocycles. The standard InChI is InChI=1S/C24H31NO3.ClH/c1-17(2)11-13-25-14-12-20-15-21(26)9-7-18(20)5-6-19-8-10-23(27-3)24(28-4)22(19)16-25;/h7-11,15,26H,5-6,12-14,16H2,1-4H3;1H. The molecule has 1 N–H and O–H groups in total. The Hall–Kier alpha value is -2.17. The predicted molar refractivity (Wildman–Crippen MR) is 121 cm³/mol. The molecule has 158 valence electrons. The van der Waals surface area contributed by atoms with Crippen molar-refractivity contribution in [3.63, 3.8) is 0 Å². The van der Waals surface area contributed by atoms with E-state index >= 15 is 0 Å². The quantitative estimate of drug-likeness (QED) is 0.715. The Bertz CT molecular complexity index is 859. The second-order valence-corrected chi connectivity index (χ2v) is 7.66. The highest BCUT2D eigenvalue weighted by Gasteiger charge is 2.20. The Morgan fingerprint density at radius 2 is 1.72 bits per heavy atom. The predicted octanol–water partition coefficient (Wildman–Crippen LogP) is 4.94. The summed E-state index contributed by atoms with van der Waals surface area (Å²) in [4.78, 5) is 2.44. The molecule has 0 aromatic heterocycles. The lowest BCUT2D eigenvalue weighted by Crippen LogP contribution is -2.28. The van der Waals surface area contributed by atoms with Crippen molar-refractivity contribution in [3.8, 4) is 17.2 Å². The molecular weight excluding hydrogens is 386 g/mol. The van der Waals surface area contributed by atoms with Crippen LogP contribution in [-0.2, 0) is 25.8 Å². The first-order valence-corrected chi connectivity index (χ1v) is 9.91. The van der Waals surface area contributed by atoms with Gasteiger partial charge in [-0.05, 0) is 68.0 Å². The summed E-state index contributed by atoms with van der Waals surface area (Å²) >= 11 is 0. The van der Waals surface area contributed by atoms with Gasteiger partial charge < -0.3 is 14.6 Å². The smallest absolute Gasteiger partial charge is 0.165 e. The Labute approximate surface area is 180 Å². The molecule has 2 aromatic rings. The number of fused-ring (bicyclic) bond motifs is 2. The number of methoxy groups -OCH3 is 2. The fourth-order valence-electron chi connectivity index (χ4n) is 3.85. The average molecular weight is 418 g/mol. The molecule has 0 saturated heterocycles. The van der Waals surface area contributed by atoms with Crippen LogP contribution in [0.3, 0.4) is 0 Å². The van der Waals surface area contributed by atoms with Crippen molar-refractivity contribution in [1.29, 1.82) is 0 Å². The Morgan fingerprint density at radius 3 is 2.41 bits per heavy atom. The van der Waals surface area contributed by atoms with E-state index in [-0.39, 0.29) is 12.4 Å². The number of aromatic hydroxyl groups is 1. The topological polar surface area (TPSA) is 41.9 Å². The van der Waals surface area contributed by atoms with Crippen LogP contribution in [0, 0.1) is 0 Å². The van der Waals surface area contributed by atoms with Gasteiger partial charge in [0, 0.05) is 25.2 Å². The van der Waals surface area contributed by atoms with Gasteiger partial charge >= 0.3 is 0 Å². The number of halogens is 1. The Balaban J connectivity index is 0.00000300. The molecule has 0 bridgehead atoms. The second-order valence-electron chi connectivity index (χ2n) is 7.66. The summed E-state index contributed by atoms with van der Waals surface area (Å²) in [7, 11) is 3.41. The first-order valence-electron chi connectivity index (χ1n) is 9.91. The molecule has 4 nitrogen and oxygen atoms in total. The van der Waals surface area contributed by atoms with E-state index in [0.29, 0.717) is 5.75 Å². The maximum absolute atomic E-state index is 9.95. The lowest BCUT2D eigenvalue weighted by molar-refractivity contribution is 0.284. The number of ether oxygens (including phenoxy) is 2. The maximum atomic E-state index is 9.95. The number of benzene rings is 2. The fourth-order valence-corrected chi connectivity index (χ4v) is 3.85. The van der Waals surface area contributed by atoms with Crippen molar-refractivity contribution in [3.05, 3.63) is 64.2 Å². The molecule has 0 amide bonds. The van der Waals surface area contributed by atoms with E-state index in [1.165, 1.54) is 27.8 Å². The molecule has 3 rings (SSSR count). The van der Waals surface area contributed by atoms with Crippen molar-refractivity contribution in [2.24, 2.45) is 0 Å². The number of hydrogen-bond acceptors (Lipinski definition) is 4. The van der Waals surface area contributed by atoms with E-state index in [4.69, 9.17) is 9.47 Å². The number of hydrogen-bond donors (Lipinski definition) is 1. The van der Waals surface area contributed by atoms with E-state index in [1.807, 2.05) is 12.1 Å². The van der Waals surface area contributed by atoms with Gasteiger partial charge in [0.25, 0.3) is 0 Å². The average Bonchev–Trinajstić information content (AvgIpc) is 2.69. The lowest BCUT2D eigenvalue weighted by Gasteiger charge is -2.27. The van der Waals surface area contributed by atoms with Crippen molar-refractivity contribution < 1.29 is 14.6 Å². The number of phenolic OH excluding ortho intramolecular Hbond substituents is 1. The van der Waals surface area contributed by atoms with Gasteiger partial charge in [0.05, 0.1) is 14.2 Å². The van der Waals surface area contributed by atoms with Crippen LogP contribution in [0.25, 0.3) is 0 Å². The number of aryl methyl sites for hydroxylation is 2. The van der Waals surface area contributed by atoms with Gasteiger partial charge in [-0.15, -0.1) is 12.4 Å². The number of rotatable bonds is 4. The molecule has 0 radical (unpaired) electrons. The fraction of sp³-hybridized carbons (Fsp3) is 0.417. The number of phenols is 1. The molecule has 0 spiro atoms. The van der Waals surface area contributed by atoms with Crippen LogP contribution in [0.5, 0.6) is 17.2 Å². The molecule has 1 aliphatic rings. The summed E-state index contributed by atoms with van der Waals surface area (Å²) in [6, 6.07) is 9.94. The van der Waals surface area contributed by atoms with Gasteiger partial charge in [-0.25, -0.2) is 0 Å². The van der Waals surface area contributed by atoms with Crippen LogP contribution in [-0.4, -0.2) is 37.3 Å². The van der Waals surface area contributed by atoms with E-state index in [0.717, 1.165) is 50.4 Å². The van der Waals surface area contributed by atoms with Gasteiger partial charge in [-0.2, -0.15) is 0 Å². The summed E-state index contributed by atoms with van der Waals surface area (Å²) in [6.45, 7) is 6.88. The van der Waals surface area contributed by atoms with E-state index in [1.54, 1.807) is 20.3 Å². The normalized spacial score (nSPS) is 14.1. The molecule has 5 heteroatoms. The Kier molecular flexibility index (Phi) is 8.42. The lowest BCUT2D eigenvalue weighted by atomic mass is 9.93.